The van der Waals surface area contributed by atoms with E-state index >= 15 is 0 Å². The molecule has 1 aliphatic heterocycles. The molecule has 2 aliphatic carbocycles. The van der Waals surface area contributed by atoms with E-state index in [0.717, 1.165) is 28.9 Å². The van der Waals surface area contributed by atoms with Gasteiger partial charge < -0.3 is 15.4 Å². The molecule has 36 heavy (non-hydrogen) atoms. The van der Waals surface area contributed by atoms with Crippen molar-refractivity contribution in [1.82, 2.24) is 24.5 Å². The number of pyridine rings is 1. The third-order valence-corrected chi connectivity index (χ3v) is 7.44. The maximum atomic E-state index is 13.5. The van der Waals surface area contributed by atoms with E-state index in [1.54, 1.807) is 23.1 Å². The van der Waals surface area contributed by atoms with Gasteiger partial charge in [-0.25, -0.2) is 14.5 Å². The Labute approximate surface area is 208 Å². The van der Waals surface area contributed by atoms with Crippen LogP contribution in [-0.2, 0) is 5.54 Å². The van der Waals surface area contributed by atoms with Crippen molar-refractivity contribution in [2.75, 3.05) is 6.98 Å². The van der Waals surface area contributed by atoms with Gasteiger partial charge in [-0.05, 0) is 49.1 Å². The number of rotatable bonds is 4. The minimum Gasteiger partial charge on any atom is -0.434 e. The number of fused-ring (bicyclic) bond motifs is 9. The van der Waals surface area contributed by atoms with Gasteiger partial charge in [-0.3, -0.25) is 4.79 Å². The molecule has 0 spiro atoms. The highest BCUT2D eigenvalue weighted by atomic mass is 19.3. The van der Waals surface area contributed by atoms with Crippen molar-refractivity contribution in [1.29, 1.82) is 0 Å². The van der Waals surface area contributed by atoms with E-state index < -0.39 is 37.0 Å². The van der Waals surface area contributed by atoms with Crippen molar-refractivity contribution in [3.8, 4) is 16.9 Å². The minimum atomic E-state index is -3.12. The summed E-state index contributed by atoms with van der Waals surface area (Å²) in [5.41, 5.74) is 9.32. The monoisotopic (exact) mass is 491 g/mol. The van der Waals surface area contributed by atoms with E-state index in [4.69, 9.17) is 14.6 Å². The van der Waals surface area contributed by atoms with E-state index in [1.807, 2.05) is 12.1 Å². The highest BCUT2D eigenvalue weighted by molar-refractivity contribution is 5.98. The second-order valence-electron chi connectivity index (χ2n) is 9.57. The molecule has 4 heterocycles. The Morgan fingerprint density at radius 1 is 1.19 bits per heavy atom. The van der Waals surface area contributed by atoms with Crippen molar-refractivity contribution in [3.05, 3.63) is 77.1 Å². The number of amides is 1. The molecule has 0 radical (unpaired) electrons. The lowest BCUT2D eigenvalue weighted by molar-refractivity contribution is -0.0505. The first kappa shape index (κ1) is 18.4. The molecule has 2 atom stereocenters. The Kier molecular flexibility index (Phi) is 3.72. The van der Waals surface area contributed by atoms with Crippen LogP contribution in [0.4, 0.5) is 8.78 Å². The first-order valence-corrected chi connectivity index (χ1v) is 11.6. The molecule has 10 heteroatoms. The summed E-state index contributed by atoms with van der Waals surface area (Å²) in [6, 6.07) is 7.08. The largest absolute Gasteiger partial charge is 0.434 e. The second-order valence-corrected chi connectivity index (χ2v) is 9.57. The van der Waals surface area contributed by atoms with Gasteiger partial charge in [-0.2, -0.15) is 13.9 Å². The highest BCUT2D eigenvalue weighted by Crippen LogP contribution is 2.53. The number of nitrogens with zero attached hydrogens (tertiary/aromatic N) is 5. The van der Waals surface area contributed by atoms with Crippen LogP contribution >= 0.6 is 0 Å². The number of hydrogen-bond donors (Lipinski definition) is 1. The first-order valence-electron chi connectivity index (χ1n) is 13.1. The average molecular weight is 492 g/mol. The molecule has 0 saturated heterocycles. The average Bonchev–Trinajstić information content (AvgIpc) is 3.43. The lowest BCUT2D eigenvalue weighted by Gasteiger charge is -2.23. The summed E-state index contributed by atoms with van der Waals surface area (Å²) in [5.74, 6) is -0.925. The van der Waals surface area contributed by atoms with Crippen LogP contribution in [0.2, 0.25) is 0 Å². The molecular weight excluding hydrogens is 466 g/mol. The fraction of sp³-hybridized carbons (Fsp3) is 0.308. The first-order chi connectivity index (χ1) is 18.5. The Bertz CT molecular complexity index is 1650. The van der Waals surface area contributed by atoms with Crippen LogP contribution in [0.25, 0.3) is 16.6 Å². The second kappa shape index (κ2) is 7.30. The summed E-state index contributed by atoms with van der Waals surface area (Å²) < 4.78 is 57.6. The predicted octanol–water partition coefficient (Wildman–Crippen LogP) is 4.00. The zero-order valence-electron chi connectivity index (χ0n) is 21.9. The van der Waals surface area contributed by atoms with E-state index in [9.17, 15) is 13.6 Å². The molecule has 0 unspecified atom stereocenters. The lowest BCUT2D eigenvalue weighted by Crippen LogP contribution is -2.30. The van der Waals surface area contributed by atoms with Crippen LogP contribution in [0.3, 0.4) is 0 Å². The fourth-order valence-electron chi connectivity index (χ4n) is 5.46. The Hall–Kier alpha value is -3.92. The Balaban J connectivity index is 1.42. The number of aromatic nitrogens is 4. The molecule has 1 saturated carbocycles. The van der Waals surface area contributed by atoms with Crippen molar-refractivity contribution in [3.63, 3.8) is 0 Å². The Morgan fingerprint density at radius 3 is 2.72 bits per heavy atom. The van der Waals surface area contributed by atoms with E-state index in [2.05, 4.69) is 15.1 Å². The molecule has 1 amide bonds. The summed E-state index contributed by atoms with van der Waals surface area (Å²) in [6.07, 6.45) is 7.02. The predicted molar refractivity (Wildman–Crippen MR) is 126 cm³/mol. The molecule has 1 fully saturated rings. The van der Waals surface area contributed by atoms with Crippen LogP contribution in [0.15, 0.2) is 48.9 Å². The topological polar surface area (TPSA) is 98.6 Å². The van der Waals surface area contributed by atoms with Gasteiger partial charge in [-0.1, -0.05) is 6.07 Å². The molecule has 8 nitrogen and oxygen atoms in total. The highest BCUT2D eigenvalue weighted by Gasteiger charge is 2.46. The summed E-state index contributed by atoms with van der Waals surface area (Å²) in [5, 5.41) is 4.66. The lowest BCUT2D eigenvalue weighted by atomic mass is 9.88. The number of nitrogens with two attached hydrogens (primary N) is 1. The number of carbonyl (C=O) groups is 1. The number of carbonyl (C=O) groups excluding carboxylic acids is 1. The minimum absolute atomic E-state index is 0.0257. The quantitative estimate of drug-likeness (QED) is 0.463. The molecular formula is C26H22F2N6O2. The molecule has 2 N–H and O–H groups in total. The van der Waals surface area contributed by atoms with Crippen LogP contribution in [0, 0.1) is 0 Å². The van der Waals surface area contributed by atoms with E-state index in [1.165, 1.54) is 18.2 Å². The smallest absolute Gasteiger partial charge is 0.387 e. The van der Waals surface area contributed by atoms with E-state index in [-0.39, 0.29) is 23.3 Å². The van der Waals surface area contributed by atoms with Gasteiger partial charge in [-0.15, -0.1) is 0 Å². The third kappa shape index (κ3) is 3.00. The molecule has 7 rings (SSSR count). The van der Waals surface area contributed by atoms with Crippen molar-refractivity contribution >= 4 is 11.4 Å². The molecule has 2 bridgehead atoms. The number of alkyl halides is 2. The SMILES string of the molecule is [2H]C([2H])([2H])N1C(=O)c2cccc(OC(F)F)c2[C@H]2C[C@@H]1c1nn3ccc(-c4cnc(C5(N)CC5)nc4)cc3c12. The zero-order chi connectivity index (χ0) is 27.3. The standard InChI is InChI=1S/C26H22F2N6O2/c1-33-18-10-16(20-15(23(33)35)3-2-4-19(20)36-25(27)28)21-17-9-13(5-8-34(17)32-22(18)21)14-11-30-24(31-12-14)26(29)6-7-26/h2-5,8-9,11-12,16,18,25H,6-7,10,29H2,1H3/t16-,18-/m1/s1/i1D3. The van der Waals surface area contributed by atoms with Crippen LogP contribution in [-0.4, -0.2) is 44.0 Å². The zero-order valence-corrected chi connectivity index (χ0v) is 18.9. The van der Waals surface area contributed by atoms with E-state index in [0.29, 0.717) is 22.6 Å². The van der Waals surface area contributed by atoms with Crippen LogP contribution < -0.4 is 10.5 Å². The van der Waals surface area contributed by atoms with Gasteiger partial charge in [0.2, 0.25) is 0 Å². The van der Waals surface area contributed by atoms with Gasteiger partial charge in [0, 0.05) is 57.9 Å². The van der Waals surface area contributed by atoms with Gasteiger partial charge in [0.05, 0.1) is 22.8 Å². The summed E-state index contributed by atoms with van der Waals surface area (Å²) in [4.78, 5) is 23.3. The van der Waals surface area contributed by atoms with Crippen molar-refractivity contribution < 1.29 is 22.4 Å². The Morgan fingerprint density at radius 2 is 2.00 bits per heavy atom. The molecule has 4 aromatic rings. The number of halogens is 2. The van der Waals surface area contributed by atoms with Crippen LogP contribution in [0.5, 0.6) is 5.75 Å². The van der Waals surface area contributed by atoms with Crippen LogP contribution in [0.1, 0.15) is 68.3 Å². The molecule has 182 valence electrons. The van der Waals surface area contributed by atoms with Crippen molar-refractivity contribution in [2.45, 2.75) is 43.4 Å². The summed E-state index contributed by atoms with van der Waals surface area (Å²) >= 11 is 0. The number of ether oxygens (including phenoxy) is 1. The van der Waals surface area contributed by atoms with Gasteiger partial charge >= 0.3 is 6.61 Å². The van der Waals surface area contributed by atoms with Crippen molar-refractivity contribution in [2.24, 2.45) is 5.73 Å². The molecule has 3 aromatic heterocycles. The summed E-state index contributed by atoms with van der Waals surface area (Å²) in [6.45, 7) is -5.90. The van der Waals surface area contributed by atoms with Gasteiger partial charge in [0.1, 0.15) is 11.6 Å². The maximum absolute atomic E-state index is 13.5. The number of benzene rings is 1. The number of hydrogen-bond acceptors (Lipinski definition) is 6. The molecule has 3 aliphatic rings. The third-order valence-electron chi connectivity index (χ3n) is 7.44. The summed E-state index contributed by atoms with van der Waals surface area (Å²) in [7, 11) is 0. The van der Waals surface area contributed by atoms with Gasteiger partial charge in [0.15, 0.2) is 0 Å². The maximum Gasteiger partial charge on any atom is 0.387 e. The normalized spacial score (nSPS) is 23.1. The fourth-order valence-corrected chi connectivity index (χ4v) is 5.46. The molecule has 1 aromatic carbocycles. The van der Waals surface area contributed by atoms with Gasteiger partial charge in [0.25, 0.3) is 5.91 Å².